The molecule has 0 saturated heterocycles. The van der Waals surface area contributed by atoms with Gasteiger partial charge in [0.2, 0.25) is 0 Å². The summed E-state index contributed by atoms with van der Waals surface area (Å²) in [4.78, 5) is 0. The van der Waals surface area contributed by atoms with Gasteiger partial charge in [-0.1, -0.05) is 0 Å². The summed E-state index contributed by atoms with van der Waals surface area (Å²) >= 11 is 0. The van der Waals surface area contributed by atoms with E-state index >= 15 is 0 Å². The Kier molecular flexibility index (Phi) is 355. The molecule has 0 amide bonds. The van der Waals surface area contributed by atoms with Gasteiger partial charge in [0.1, 0.15) is 0 Å². The van der Waals surface area contributed by atoms with Crippen LogP contribution in [0.4, 0.5) is 0 Å². The summed E-state index contributed by atoms with van der Waals surface area (Å²) in [5.74, 6) is 0. The average molecular weight is 355 g/mol. The van der Waals surface area contributed by atoms with Gasteiger partial charge in [-0.3, -0.25) is 0 Å². The molecule has 0 heterocycles. The molecule has 0 aromatic carbocycles. The summed E-state index contributed by atoms with van der Waals surface area (Å²) < 4.78 is 0. The quantitative estimate of drug-likeness (QED) is 0.448. The second-order valence-electron chi connectivity index (χ2n) is 0. The first-order valence-corrected chi connectivity index (χ1v) is 0. The third-order valence-corrected chi connectivity index (χ3v) is 0. The Hall–Kier alpha value is 10.0. The second kappa shape index (κ2) is 52.0. The molecule has 1 nitrogen and oxygen atoms in total. The Morgan fingerprint density at radius 1 is 0.333 bits per heavy atom. The van der Waals surface area contributed by atoms with Gasteiger partial charge in [0.15, 0.2) is 0 Å². The maximum Gasteiger partial charge on any atom is 2.00 e. The van der Waals surface area contributed by atoms with Crippen LogP contribution in [0.15, 0.2) is 0 Å². The van der Waals surface area contributed by atoms with Gasteiger partial charge in [-0.05, 0) is 0 Å². The number of rotatable bonds is 0. The van der Waals surface area contributed by atoms with Crippen LogP contribution in [0.2, 0.25) is 0 Å². The van der Waals surface area contributed by atoms with E-state index in [9.17, 15) is 0 Å². The van der Waals surface area contributed by atoms with Gasteiger partial charge in [-0.25, -0.2) is 0 Å². The fraction of sp³-hybridized carbons (Fsp3) is 0. The summed E-state index contributed by atoms with van der Waals surface area (Å²) in [7, 11) is 0. The second-order valence-corrected chi connectivity index (χ2v) is 0. The molecule has 9 heavy (non-hydrogen) atoms. The minimum absolute atomic E-state index is 0. The normalized spacial score (nSPS) is 0. The standard InChI is InChI=1S/8Ca.H2O.16H/h;;;;;;;;1H2;;;;;;;;;;;;;;;;/q8*+2;;16*-1. The van der Waals surface area contributed by atoms with Crippen molar-refractivity contribution in [1.29, 1.82) is 0 Å². The van der Waals surface area contributed by atoms with Crippen LogP contribution in [0.5, 0.6) is 0 Å². The van der Waals surface area contributed by atoms with E-state index < -0.39 is 0 Å². The van der Waals surface area contributed by atoms with Crippen LogP contribution in [0.3, 0.4) is 0 Å². The van der Waals surface area contributed by atoms with Crippen molar-refractivity contribution in [2.45, 2.75) is 0 Å². The van der Waals surface area contributed by atoms with E-state index in [2.05, 4.69) is 0 Å². The van der Waals surface area contributed by atoms with Crippen molar-refractivity contribution < 1.29 is 28.3 Å². The Balaban J connectivity index is 0. The zero-order valence-corrected chi connectivity index (χ0v) is 23.8. The van der Waals surface area contributed by atoms with Gasteiger partial charge in [0.05, 0.1) is 0 Å². The fourth-order valence-corrected chi connectivity index (χ4v) is 0. The molecule has 0 saturated carbocycles. The van der Waals surface area contributed by atoms with Crippen molar-refractivity contribution in [3.8, 4) is 0 Å². The Bertz CT molecular complexity index is 28.1. The zero-order chi connectivity index (χ0) is 0. The molecule has 0 bridgehead atoms. The van der Waals surface area contributed by atoms with Gasteiger partial charge in [0, 0.05) is 0 Å². The van der Waals surface area contributed by atoms with Crippen LogP contribution in [0, 0.1) is 0 Å². The summed E-state index contributed by atoms with van der Waals surface area (Å²) in [5, 5.41) is 0. The third kappa shape index (κ3) is 46.0. The predicted molar refractivity (Wildman–Crippen MR) is 67.4 cm³/mol. The van der Waals surface area contributed by atoms with E-state index in [1.165, 1.54) is 0 Å². The summed E-state index contributed by atoms with van der Waals surface area (Å²) in [6.07, 6.45) is 0. The Morgan fingerprint density at radius 2 is 0.333 bits per heavy atom. The summed E-state index contributed by atoms with van der Waals surface area (Å²) in [6.45, 7) is 0. The van der Waals surface area contributed by atoms with E-state index in [0.717, 1.165) is 0 Å². The summed E-state index contributed by atoms with van der Waals surface area (Å²) in [6, 6.07) is 0. The molecule has 0 atom stereocenters. The molecule has 0 aliphatic rings. The molecular formula is H18Ca8O. The van der Waals surface area contributed by atoms with E-state index in [1.54, 1.807) is 0 Å². The van der Waals surface area contributed by atoms with Gasteiger partial charge < -0.3 is 28.3 Å². The molecule has 0 fully saturated rings. The van der Waals surface area contributed by atoms with E-state index in [-0.39, 0.29) is 330 Å². The van der Waals surface area contributed by atoms with Gasteiger partial charge in [-0.15, -0.1) is 0 Å². The van der Waals surface area contributed by atoms with Crippen molar-refractivity contribution in [2.75, 3.05) is 0 Å². The van der Waals surface area contributed by atoms with Gasteiger partial charge in [0.25, 0.3) is 0 Å². The fourth-order valence-electron chi connectivity index (χ4n) is 0. The molecule has 0 aliphatic heterocycles. The topological polar surface area (TPSA) is 31.5 Å². The van der Waals surface area contributed by atoms with Crippen LogP contribution in [-0.4, -0.2) is 307 Å². The third-order valence-electron chi connectivity index (χ3n) is 0. The average Bonchev–Trinajstić information content (AvgIpc) is 0. The van der Waals surface area contributed by atoms with Gasteiger partial charge >= 0.3 is 302 Å². The SMILES string of the molecule is O.[Ca+2].[Ca+2].[Ca+2].[Ca+2].[Ca+2].[Ca+2].[Ca+2].[Ca+2].[H-].[H-].[H-].[H-].[H-].[H-].[H-].[H-].[H-].[H-].[H-].[H-].[H-].[H-].[H-].[H-]. The molecule has 0 aromatic rings. The van der Waals surface area contributed by atoms with Crippen molar-refractivity contribution in [3.05, 3.63) is 0 Å². The Morgan fingerprint density at radius 3 is 0.333 bits per heavy atom. The predicted octanol–water partition coefficient (Wildman–Crippen LogP) is -2.07. The van der Waals surface area contributed by atoms with E-state index in [4.69, 9.17) is 0 Å². The first-order chi connectivity index (χ1) is 0. The molecular weight excluding hydrogens is 337 g/mol. The van der Waals surface area contributed by atoms with Gasteiger partial charge in [-0.2, -0.15) is 0 Å². The maximum atomic E-state index is 0. The first-order valence-electron chi connectivity index (χ1n) is 0. The van der Waals surface area contributed by atoms with Crippen LogP contribution < -0.4 is 0 Å². The molecule has 0 spiro atoms. The molecule has 2 N–H and O–H groups in total. The molecule has 0 unspecified atom stereocenters. The van der Waals surface area contributed by atoms with E-state index in [0.29, 0.717) is 0 Å². The minimum Gasteiger partial charge on any atom is -1.00 e. The Labute approximate surface area is 320 Å². The summed E-state index contributed by atoms with van der Waals surface area (Å²) in [5.41, 5.74) is 0. The van der Waals surface area contributed by atoms with Crippen molar-refractivity contribution in [3.63, 3.8) is 0 Å². The molecule has 40 valence electrons. The maximum absolute atomic E-state index is 0. The number of hydrogen-bond donors (Lipinski definition) is 0. The molecule has 9 heteroatoms. The van der Waals surface area contributed by atoms with E-state index in [1.807, 2.05) is 0 Å². The van der Waals surface area contributed by atoms with Crippen LogP contribution >= 0.6 is 0 Å². The molecule has 0 radical (unpaired) electrons. The zero-order valence-electron chi connectivity index (χ0n) is 22.2. The molecule has 0 aliphatic carbocycles. The molecule has 0 aromatic heterocycles. The molecule has 0 rings (SSSR count). The minimum atomic E-state index is 0. The van der Waals surface area contributed by atoms with Crippen molar-refractivity contribution in [1.82, 2.24) is 0 Å². The monoisotopic (exact) mass is 354 g/mol. The van der Waals surface area contributed by atoms with Crippen LogP contribution in [-0.2, 0) is 0 Å². The first kappa shape index (κ1) is 61.5. The van der Waals surface area contributed by atoms with Crippen LogP contribution in [0.1, 0.15) is 22.8 Å². The van der Waals surface area contributed by atoms with Crippen LogP contribution in [0.25, 0.3) is 0 Å². The smallest absolute Gasteiger partial charge is 1.00 e. The largest absolute Gasteiger partial charge is 2.00 e. The van der Waals surface area contributed by atoms with Crippen molar-refractivity contribution in [2.24, 2.45) is 0 Å². The van der Waals surface area contributed by atoms with Crippen molar-refractivity contribution >= 4 is 302 Å². The number of hydrogen-bond acceptors (Lipinski definition) is 0.